The summed E-state index contributed by atoms with van der Waals surface area (Å²) in [6.07, 6.45) is 0.328. The minimum Gasteiger partial charge on any atom is -0.454 e. The number of amides is 1. The van der Waals surface area contributed by atoms with E-state index in [0.717, 1.165) is 35.7 Å². The Bertz CT molecular complexity index is 826. The maximum Gasteiger partial charge on any atom is 0.231 e. The van der Waals surface area contributed by atoms with E-state index >= 15 is 0 Å². The Labute approximate surface area is 181 Å². The molecule has 4 rings (SSSR count). The molecule has 0 radical (unpaired) electrons. The first-order valence-corrected chi connectivity index (χ1v) is 9.79. The van der Waals surface area contributed by atoms with Gasteiger partial charge in [0, 0.05) is 24.7 Å². The van der Waals surface area contributed by atoms with Crippen molar-refractivity contribution < 1.29 is 19.0 Å². The quantitative estimate of drug-likeness (QED) is 0.749. The predicted octanol–water partition coefficient (Wildman–Crippen LogP) is 3.22. The molecule has 0 spiro atoms. The maximum absolute atomic E-state index is 12.5. The topological polar surface area (TPSA) is 60.0 Å². The van der Waals surface area contributed by atoms with Crippen molar-refractivity contribution >= 4 is 29.9 Å². The highest BCUT2D eigenvalue weighted by molar-refractivity contribution is 6.30. The number of nitrogens with zero attached hydrogens (tertiary/aromatic N) is 1. The molecular formula is C21H24Cl2N2O4. The monoisotopic (exact) mass is 438 g/mol. The smallest absolute Gasteiger partial charge is 0.231 e. The van der Waals surface area contributed by atoms with Crippen molar-refractivity contribution in [3.8, 4) is 11.5 Å². The Kier molecular flexibility index (Phi) is 7.61. The summed E-state index contributed by atoms with van der Waals surface area (Å²) in [7, 11) is 0. The summed E-state index contributed by atoms with van der Waals surface area (Å²) in [6.45, 7) is 3.81. The number of benzene rings is 2. The molecule has 2 aromatic carbocycles. The second-order valence-corrected chi connectivity index (χ2v) is 7.32. The summed E-state index contributed by atoms with van der Waals surface area (Å²) in [5, 5.41) is 3.75. The van der Waals surface area contributed by atoms with Gasteiger partial charge in [-0.25, -0.2) is 0 Å². The molecule has 2 aromatic rings. The normalized spacial score (nSPS) is 16.7. The Morgan fingerprint density at radius 2 is 1.79 bits per heavy atom. The van der Waals surface area contributed by atoms with E-state index in [-0.39, 0.29) is 31.1 Å². The van der Waals surface area contributed by atoms with Gasteiger partial charge in [0.05, 0.1) is 25.7 Å². The van der Waals surface area contributed by atoms with E-state index < -0.39 is 0 Å². The zero-order valence-electron chi connectivity index (χ0n) is 15.9. The Morgan fingerprint density at radius 3 is 2.55 bits per heavy atom. The molecule has 0 bridgehead atoms. The number of hydrogen-bond donors (Lipinski definition) is 1. The fourth-order valence-corrected chi connectivity index (χ4v) is 3.65. The number of carbonyl (C=O) groups is 1. The largest absolute Gasteiger partial charge is 0.454 e. The number of nitrogens with one attached hydrogen (secondary N) is 1. The molecule has 0 saturated carbocycles. The molecule has 1 N–H and O–H groups in total. The number of morpholine rings is 1. The molecule has 6 nitrogen and oxygen atoms in total. The van der Waals surface area contributed by atoms with Crippen LogP contribution < -0.4 is 14.8 Å². The van der Waals surface area contributed by atoms with Crippen LogP contribution in [0.2, 0.25) is 5.02 Å². The van der Waals surface area contributed by atoms with Gasteiger partial charge < -0.3 is 19.5 Å². The van der Waals surface area contributed by atoms with Crippen LogP contribution in [0, 0.1) is 0 Å². The van der Waals surface area contributed by atoms with Crippen LogP contribution in [0.15, 0.2) is 42.5 Å². The van der Waals surface area contributed by atoms with E-state index in [1.54, 1.807) is 12.1 Å². The van der Waals surface area contributed by atoms with Crippen LogP contribution in [-0.2, 0) is 16.0 Å². The number of halogens is 2. The highest BCUT2D eigenvalue weighted by Crippen LogP contribution is 2.35. The molecule has 1 saturated heterocycles. The van der Waals surface area contributed by atoms with Gasteiger partial charge in [-0.1, -0.05) is 29.8 Å². The van der Waals surface area contributed by atoms with Gasteiger partial charge in [0.15, 0.2) is 11.5 Å². The average Bonchev–Trinajstić information content (AvgIpc) is 3.19. The summed E-state index contributed by atoms with van der Waals surface area (Å²) < 4.78 is 16.4. The molecule has 2 aliphatic heterocycles. The standard InChI is InChI=1S/C21H23ClN2O4.ClH/c22-17-4-1-15(2-5-17)11-21(25)23-13-18(24-7-9-26-10-8-24)16-3-6-19-20(12-16)28-14-27-19;/h1-6,12,18H,7-11,13-14H2,(H,23,25);1H. The molecule has 0 aromatic heterocycles. The van der Waals surface area contributed by atoms with Gasteiger partial charge in [-0.05, 0) is 35.4 Å². The molecule has 2 aliphatic rings. The first-order chi connectivity index (χ1) is 13.7. The average molecular weight is 439 g/mol. The van der Waals surface area contributed by atoms with Crippen molar-refractivity contribution in [2.24, 2.45) is 0 Å². The number of hydrogen-bond acceptors (Lipinski definition) is 5. The number of rotatable bonds is 6. The van der Waals surface area contributed by atoms with Crippen molar-refractivity contribution in [2.45, 2.75) is 12.5 Å². The molecule has 1 atom stereocenters. The summed E-state index contributed by atoms with van der Waals surface area (Å²) in [4.78, 5) is 14.8. The SMILES string of the molecule is Cl.O=C(Cc1ccc(Cl)cc1)NCC(c1ccc2c(c1)OCO2)N1CCOCC1. The lowest BCUT2D eigenvalue weighted by atomic mass is 10.0. The number of ether oxygens (including phenoxy) is 3. The van der Waals surface area contributed by atoms with E-state index in [2.05, 4.69) is 10.2 Å². The zero-order valence-corrected chi connectivity index (χ0v) is 17.5. The van der Waals surface area contributed by atoms with Crippen molar-refractivity contribution in [3.05, 3.63) is 58.6 Å². The van der Waals surface area contributed by atoms with Gasteiger partial charge >= 0.3 is 0 Å². The van der Waals surface area contributed by atoms with Crippen LogP contribution in [0.1, 0.15) is 17.2 Å². The molecule has 29 heavy (non-hydrogen) atoms. The summed E-state index contributed by atoms with van der Waals surface area (Å²) in [5.74, 6) is 1.50. The van der Waals surface area contributed by atoms with Gasteiger partial charge in [0.1, 0.15) is 0 Å². The van der Waals surface area contributed by atoms with Gasteiger partial charge in [-0.3, -0.25) is 9.69 Å². The molecule has 2 heterocycles. The molecular weight excluding hydrogens is 415 g/mol. The van der Waals surface area contributed by atoms with Crippen LogP contribution in [0.4, 0.5) is 0 Å². The molecule has 1 fully saturated rings. The lowest BCUT2D eigenvalue weighted by Gasteiger charge is -2.35. The van der Waals surface area contributed by atoms with Crippen LogP contribution in [-0.4, -0.2) is 50.4 Å². The minimum atomic E-state index is -0.0127. The van der Waals surface area contributed by atoms with Crippen LogP contribution in [0.5, 0.6) is 11.5 Å². The predicted molar refractivity (Wildman–Crippen MR) is 113 cm³/mol. The Balaban J connectivity index is 0.00000240. The fourth-order valence-electron chi connectivity index (χ4n) is 3.53. The fraction of sp³-hybridized carbons (Fsp3) is 0.381. The molecule has 156 valence electrons. The van der Waals surface area contributed by atoms with E-state index in [1.807, 2.05) is 30.3 Å². The van der Waals surface area contributed by atoms with E-state index in [9.17, 15) is 4.79 Å². The van der Waals surface area contributed by atoms with Crippen LogP contribution >= 0.6 is 24.0 Å². The summed E-state index contributed by atoms with van der Waals surface area (Å²) in [5.41, 5.74) is 2.03. The highest BCUT2D eigenvalue weighted by atomic mass is 35.5. The lowest BCUT2D eigenvalue weighted by Crippen LogP contribution is -2.44. The van der Waals surface area contributed by atoms with Gasteiger partial charge in [0.2, 0.25) is 12.7 Å². The Morgan fingerprint density at radius 1 is 1.07 bits per heavy atom. The van der Waals surface area contributed by atoms with Crippen molar-refractivity contribution in [3.63, 3.8) is 0 Å². The highest BCUT2D eigenvalue weighted by Gasteiger charge is 2.25. The Hall–Kier alpha value is -1.99. The third kappa shape index (κ3) is 5.54. The lowest BCUT2D eigenvalue weighted by molar-refractivity contribution is -0.120. The molecule has 0 aliphatic carbocycles. The van der Waals surface area contributed by atoms with Gasteiger partial charge in [0.25, 0.3) is 0 Å². The van der Waals surface area contributed by atoms with Crippen molar-refractivity contribution in [1.29, 1.82) is 0 Å². The second-order valence-electron chi connectivity index (χ2n) is 6.88. The second kappa shape index (κ2) is 10.2. The van der Waals surface area contributed by atoms with Crippen molar-refractivity contribution in [2.75, 3.05) is 39.6 Å². The summed E-state index contributed by atoms with van der Waals surface area (Å²) in [6, 6.07) is 13.4. The molecule has 8 heteroatoms. The summed E-state index contributed by atoms with van der Waals surface area (Å²) >= 11 is 5.91. The number of fused-ring (bicyclic) bond motifs is 1. The maximum atomic E-state index is 12.5. The van der Waals surface area contributed by atoms with E-state index in [0.29, 0.717) is 31.2 Å². The van der Waals surface area contributed by atoms with Gasteiger partial charge in [-0.15, -0.1) is 12.4 Å². The first-order valence-electron chi connectivity index (χ1n) is 9.41. The van der Waals surface area contributed by atoms with E-state index in [4.69, 9.17) is 25.8 Å². The van der Waals surface area contributed by atoms with Crippen LogP contribution in [0.25, 0.3) is 0 Å². The zero-order chi connectivity index (χ0) is 19.3. The minimum absolute atomic E-state index is 0. The third-order valence-corrected chi connectivity index (χ3v) is 5.29. The molecule has 1 amide bonds. The number of carbonyl (C=O) groups excluding carboxylic acids is 1. The van der Waals surface area contributed by atoms with E-state index in [1.165, 1.54) is 0 Å². The third-order valence-electron chi connectivity index (χ3n) is 5.04. The first kappa shape index (κ1) is 21.7. The molecule has 1 unspecified atom stereocenters. The van der Waals surface area contributed by atoms with Crippen LogP contribution in [0.3, 0.4) is 0 Å². The van der Waals surface area contributed by atoms with Crippen molar-refractivity contribution in [1.82, 2.24) is 10.2 Å². The van der Waals surface area contributed by atoms with Gasteiger partial charge in [-0.2, -0.15) is 0 Å².